The topological polar surface area (TPSA) is 62.8 Å². The van der Waals surface area contributed by atoms with E-state index in [-0.39, 0.29) is 16.9 Å². The van der Waals surface area contributed by atoms with Gasteiger partial charge in [0.1, 0.15) is 0 Å². The largest absolute Gasteiger partial charge is 0.321 e. The highest BCUT2D eigenvalue weighted by Crippen LogP contribution is 2.39. The molecule has 4 nitrogen and oxygen atoms in total. The van der Waals surface area contributed by atoms with Gasteiger partial charge >= 0.3 is 0 Å². The zero-order valence-corrected chi connectivity index (χ0v) is 12.0. The van der Waals surface area contributed by atoms with E-state index in [2.05, 4.69) is 9.97 Å². The first kappa shape index (κ1) is 12.3. The molecule has 0 atom stereocenters. The molecule has 1 aliphatic carbocycles. The first-order chi connectivity index (χ1) is 11.3. The number of rotatable bonds is 0. The number of nitrogens with one attached hydrogen (secondary N) is 1. The summed E-state index contributed by atoms with van der Waals surface area (Å²) in [5.41, 5.74) is 2.64. The number of carbonyl (C=O) groups excluding carboxylic acids is 1. The Kier molecular flexibility index (Phi) is 2.21. The Morgan fingerprint density at radius 1 is 0.826 bits per heavy atom. The Labute approximate surface area is 130 Å². The molecule has 0 fully saturated rings. The van der Waals surface area contributed by atoms with Crippen molar-refractivity contribution in [3.8, 4) is 11.1 Å². The van der Waals surface area contributed by atoms with Gasteiger partial charge in [0.15, 0.2) is 0 Å². The quantitative estimate of drug-likeness (QED) is 0.446. The maximum atomic E-state index is 12.6. The highest BCUT2D eigenvalue weighted by atomic mass is 16.1. The number of H-pyrrole nitrogens is 1. The normalized spacial score (nSPS) is 12.6. The highest BCUT2D eigenvalue weighted by Gasteiger charge is 2.31. The van der Waals surface area contributed by atoms with Crippen molar-refractivity contribution in [2.24, 2.45) is 0 Å². The van der Waals surface area contributed by atoms with Crippen LogP contribution in [-0.4, -0.2) is 15.8 Å². The van der Waals surface area contributed by atoms with Gasteiger partial charge in [-0.15, -0.1) is 0 Å². The summed E-state index contributed by atoms with van der Waals surface area (Å²) >= 11 is 0. The fourth-order valence-electron chi connectivity index (χ4n) is 3.46. The van der Waals surface area contributed by atoms with Crippen LogP contribution in [0.2, 0.25) is 0 Å². The maximum Gasteiger partial charge on any atom is 0.260 e. The number of benzene rings is 2. The Morgan fingerprint density at radius 2 is 1.70 bits per heavy atom. The summed E-state index contributed by atoms with van der Waals surface area (Å²) in [7, 11) is 0. The number of aromatic amines is 1. The number of carbonyl (C=O) groups is 1. The molecular formula is C19H10N2O2. The zero-order valence-electron chi connectivity index (χ0n) is 12.0. The van der Waals surface area contributed by atoms with Gasteiger partial charge in [0.25, 0.3) is 5.56 Å². The van der Waals surface area contributed by atoms with E-state index in [1.165, 1.54) is 6.20 Å². The van der Waals surface area contributed by atoms with Crippen molar-refractivity contribution >= 4 is 27.5 Å². The summed E-state index contributed by atoms with van der Waals surface area (Å²) < 4.78 is 0. The molecule has 108 valence electrons. The van der Waals surface area contributed by atoms with Crippen molar-refractivity contribution in [2.45, 2.75) is 0 Å². The van der Waals surface area contributed by atoms with Crippen LogP contribution in [0.4, 0.5) is 0 Å². The van der Waals surface area contributed by atoms with Crippen LogP contribution in [0.3, 0.4) is 0 Å². The lowest BCUT2D eigenvalue weighted by Gasteiger charge is -2.08. The highest BCUT2D eigenvalue weighted by molar-refractivity contribution is 6.26. The molecule has 1 N–H and O–H groups in total. The third-order valence-electron chi connectivity index (χ3n) is 4.48. The average molecular weight is 298 g/mol. The van der Waals surface area contributed by atoms with Gasteiger partial charge in [-0.25, -0.2) is 0 Å². The first-order valence-electron chi connectivity index (χ1n) is 7.32. The number of ketones is 1. The van der Waals surface area contributed by atoms with Crippen molar-refractivity contribution in [3.05, 3.63) is 76.3 Å². The van der Waals surface area contributed by atoms with Crippen LogP contribution >= 0.6 is 0 Å². The number of hydrogen-bond acceptors (Lipinski definition) is 3. The first-order valence-corrected chi connectivity index (χ1v) is 7.32. The molecule has 5 rings (SSSR count). The predicted octanol–water partition coefficient (Wildman–Crippen LogP) is 3.29. The fraction of sp³-hybridized carbons (Fsp3) is 0. The molecule has 0 amide bonds. The molecule has 0 aliphatic heterocycles. The second-order valence-electron chi connectivity index (χ2n) is 5.66. The Hall–Kier alpha value is -3.27. The SMILES string of the molecule is O=C1c2cnccc2-c2c1c(=O)[nH]c1c2ccc2ccccc21. The van der Waals surface area contributed by atoms with Crippen molar-refractivity contribution in [2.75, 3.05) is 0 Å². The van der Waals surface area contributed by atoms with Crippen LogP contribution in [0, 0.1) is 0 Å². The van der Waals surface area contributed by atoms with E-state index in [0.29, 0.717) is 5.56 Å². The van der Waals surface area contributed by atoms with Gasteiger partial charge in [-0.2, -0.15) is 0 Å². The third-order valence-corrected chi connectivity index (χ3v) is 4.48. The molecule has 0 radical (unpaired) electrons. The summed E-state index contributed by atoms with van der Waals surface area (Å²) in [5.74, 6) is -0.251. The molecule has 23 heavy (non-hydrogen) atoms. The Morgan fingerprint density at radius 3 is 2.61 bits per heavy atom. The number of aromatic nitrogens is 2. The maximum absolute atomic E-state index is 12.6. The molecule has 0 saturated heterocycles. The lowest BCUT2D eigenvalue weighted by atomic mass is 9.98. The molecule has 0 bridgehead atoms. The van der Waals surface area contributed by atoms with Crippen LogP contribution in [0.25, 0.3) is 32.8 Å². The molecule has 0 unspecified atom stereocenters. The van der Waals surface area contributed by atoms with Crippen molar-refractivity contribution < 1.29 is 4.79 Å². The van der Waals surface area contributed by atoms with Gasteiger partial charge in [-0.1, -0.05) is 36.4 Å². The summed E-state index contributed by atoms with van der Waals surface area (Å²) in [6.45, 7) is 0. The summed E-state index contributed by atoms with van der Waals surface area (Å²) in [6, 6.07) is 13.7. The molecule has 2 aromatic heterocycles. The smallest absolute Gasteiger partial charge is 0.260 e. The summed E-state index contributed by atoms with van der Waals surface area (Å²) in [5, 5.41) is 2.91. The minimum absolute atomic E-state index is 0.218. The van der Waals surface area contributed by atoms with E-state index in [9.17, 15) is 9.59 Å². The van der Waals surface area contributed by atoms with Gasteiger partial charge in [0.2, 0.25) is 5.78 Å². The number of pyridine rings is 2. The van der Waals surface area contributed by atoms with Crippen LogP contribution in [-0.2, 0) is 0 Å². The molecule has 1 aliphatic rings. The standard InChI is InChI=1S/C19H10N2O2/c22-18-14-9-20-8-7-12(14)15-13-6-5-10-3-1-2-4-11(10)17(13)21-19(23)16(15)18/h1-9H,(H,21,23). The lowest BCUT2D eigenvalue weighted by Crippen LogP contribution is -2.16. The molecule has 0 spiro atoms. The molecule has 4 heteroatoms. The average Bonchev–Trinajstić information content (AvgIpc) is 2.89. The van der Waals surface area contributed by atoms with Crippen molar-refractivity contribution in [1.82, 2.24) is 9.97 Å². The zero-order chi connectivity index (χ0) is 15.6. The number of hydrogen-bond donors (Lipinski definition) is 1. The molecule has 4 aromatic rings. The molecule has 0 saturated carbocycles. The second-order valence-corrected chi connectivity index (χ2v) is 5.66. The van der Waals surface area contributed by atoms with E-state index in [4.69, 9.17) is 0 Å². The predicted molar refractivity (Wildman–Crippen MR) is 88.7 cm³/mol. The Balaban J connectivity index is 2.06. The second kappa shape index (κ2) is 4.14. The van der Waals surface area contributed by atoms with E-state index in [0.717, 1.165) is 32.8 Å². The van der Waals surface area contributed by atoms with Gasteiger partial charge in [0.05, 0.1) is 11.1 Å². The van der Waals surface area contributed by atoms with Crippen molar-refractivity contribution in [3.63, 3.8) is 0 Å². The number of nitrogens with zero attached hydrogens (tertiary/aromatic N) is 1. The van der Waals surface area contributed by atoms with E-state index in [1.54, 1.807) is 12.3 Å². The Bertz CT molecular complexity index is 1210. The van der Waals surface area contributed by atoms with Gasteiger partial charge in [-0.3, -0.25) is 14.6 Å². The van der Waals surface area contributed by atoms with E-state index >= 15 is 0 Å². The monoisotopic (exact) mass is 298 g/mol. The minimum Gasteiger partial charge on any atom is -0.321 e. The fourth-order valence-corrected chi connectivity index (χ4v) is 3.46. The van der Waals surface area contributed by atoms with Crippen LogP contribution in [0.15, 0.2) is 59.7 Å². The third kappa shape index (κ3) is 1.47. The van der Waals surface area contributed by atoms with Crippen LogP contribution in [0.1, 0.15) is 15.9 Å². The van der Waals surface area contributed by atoms with Crippen molar-refractivity contribution in [1.29, 1.82) is 0 Å². The molecular weight excluding hydrogens is 288 g/mol. The van der Waals surface area contributed by atoms with E-state index in [1.807, 2.05) is 36.4 Å². The lowest BCUT2D eigenvalue weighted by molar-refractivity contribution is 0.104. The van der Waals surface area contributed by atoms with Gasteiger partial charge in [-0.05, 0) is 17.0 Å². The van der Waals surface area contributed by atoms with Gasteiger partial charge in [0, 0.05) is 34.3 Å². The summed E-state index contributed by atoms with van der Waals surface area (Å²) in [4.78, 5) is 32.0. The molecule has 2 aromatic carbocycles. The number of fused-ring (bicyclic) bond motifs is 7. The van der Waals surface area contributed by atoms with Crippen LogP contribution < -0.4 is 5.56 Å². The van der Waals surface area contributed by atoms with Crippen LogP contribution in [0.5, 0.6) is 0 Å². The van der Waals surface area contributed by atoms with Gasteiger partial charge < -0.3 is 4.98 Å². The molecule has 2 heterocycles. The minimum atomic E-state index is -0.343. The van der Waals surface area contributed by atoms with E-state index < -0.39 is 0 Å². The summed E-state index contributed by atoms with van der Waals surface area (Å²) in [6.07, 6.45) is 3.18.